The fourth-order valence-corrected chi connectivity index (χ4v) is 2.27. The van der Waals surface area contributed by atoms with Crippen LogP contribution in [0.2, 0.25) is 10.0 Å². The third-order valence-electron chi connectivity index (χ3n) is 2.80. The van der Waals surface area contributed by atoms with Crippen LogP contribution in [0, 0.1) is 5.82 Å². The standard InChI is InChI=1S/C13H9Cl2F4N3O/c14-7-3-9(15)8(10(16)4-7)5-20-12(23)6-22-2-1-11(21-22)13(17,18)19/h1-4H,5-6H2,(H,20,23). The number of benzene rings is 1. The summed E-state index contributed by atoms with van der Waals surface area (Å²) in [5, 5.41) is 5.73. The fraction of sp³-hybridized carbons (Fsp3) is 0.231. The number of amides is 1. The second kappa shape index (κ2) is 6.76. The Morgan fingerprint density at radius 3 is 2.57 bits per heavy atom. The van der Waals surface area contributed by atoms with Crippen molar-refractivity contribution in [3.8, 4) is 0 Å². The lowest BCUT2D eigenvalue weighted by molar-refractivity contribution is -0.141. The SMILES string of the molecule is O=C(Cn1ccc(C(F)(F)F)n1)NCc1c(F)cc(Cl)cc1Cl. The number of carbonyl (C=O) groups excluding carboxylic acids is 1. The predicted octanol–water partition coefficient (Wildman–Crippen LogP) is 3.66. The van der Waals surface area contributed by atoms with Gasteiger partial charge in [-0.15, -0.1) is 0 Å². The zero-order chi connectivity index (χ0) is 17.2. The molecule has 0 spiro atoms. The molecule has 1 heterocycles. The third-order valence-corrected chi connectivity index (χ3v) is 3.36. The van der Waals surface area contributed by atoms with Crippen molar-refractivity contribution in [3.63, 3.8) is 0 Å². The summed E-state index contributed by atoms with van der Waals surface area (Å²) < 4.78 is 51.6. The van der Waals surface area contributed by atoms with Gasteiger partial charge in [0.05, 0.1) is 0 Å². The highest BCUT2D eigenvalue weighted by atomic mass is 35.5. The van der Waals surface area contributed by atoms with Gasteiger partial charge in [0, 0.05) is 28.4 Å². The fourth-order valence-electron chi connectivity index (χ4n) is 1.73. The molecule has 1 aromatic carbocycles. The molecule has 0 saturated heterocycles. The lowest BCUT2D eigenvalue weighted by Crippen LogP contribution is -2.28. The van der Waals surface area contributed by atoms with Crippen LogP contribution in [-0.2, 0) is 24.1 Å². The maximum Gasteiger partial charge on any atom is 0.435 e. The zero-order valence-corrected chi connectivity index (χ0v) is 12.8. The summed E-state index contributed by atoms with van der Waals surface area (Å²) in [5.41, 5.74) is -1.07. The van der Waals surface area contributed by atoms with Crippen LogP contribution in [0.1, 0.15) is 11.3 Å². The number of carbonyl (C=O) groups is 1. The molecular formula is C13H9Cl2F4N3O. The highest BCUT2D eigenvalue weighted by molar-refractivity contribution is 6.35. The van der Waals surface area contributed by atoms with E-state index < -0.39 is 30.1 Å². The Balaban J connectivity index is 1.97. The summed E-state index contributed by atoms with van der Waals surface area (Å²) in [7, 11) is 0. The molecule has 0 aliphatic rings. The first-order chi connectivity index (χ1) is 10.7. The summed E-state index contributed by atoms with van der Waals surface area (Å²) in [6.45, 7) is -0.670. The molecule has 0 aliphatic carbocycles. The molecule has 1 amide bonds. The van der Waals surface area contributed by atoms with Crippen LogP contribution in [0.25, 0.3) is 0 Å². The monoisotopic (exact) mass is 369 g/mol. The number of nitrogens with zero attached hydrogens (tertiary/aromatic N) is 2. The van der Waals surface area contributed by atoms with Gasteiger partial charge in [0.15, 0.2) is 5.69 Å². The Hall–Kier alpha value is -1.80. The number of aromatic nitrogens is 2. The van der Waals surface area contributed by atoms with Gasteiger partial charge in [-0.25, -0.2) is 4.39 Å². The average molecular weight is 370 g/mol. The van der Waals surface area contributed by atoms with Crippen LogP contribution in [0.3, 0.4) is 0 Å². The average Bonchev–Trinajstić information content (AvgIpc) is 2.85. The Bertz CT molecular complexity index is 707. The molecule has 1 N–H and O–H groups in total. The zero-order valence-electron chi connectivity index (χ0n) is 11.3. The smallest absolute Gasteiger partial charge is 0.350 e. The molecule has 124 valence electrons. The lowest BCUT2D eigenvalue weighted by Gasteiger charge is -2.09. The van der Waals surface area contributed by atoms with E-state index in [-0.39, 0.29) is 22.2 Å². The van der Waals surface area contributed by atoms with Crippen molar-refractivity contribution in [2.75, 3.05) is 0 Å². The van der Waals surface area contributed by atoms with Gasteiger partial charge in [-0.2, -0.15) is 18.3 Å². The topological polar surface area (TPSA) is 46.9 Å². The van der Waals surface area contributed by atoms with E-state index in [2.05, 4.69) is 10.4 Å². The van der Waals surface area contributed by atoms with Gasteiger partial charge in [-0.1, -0.05) is 23.2 Å². The van der Waals surface area contributed by atoms with Gasteiger partial charge in [0.25, 0.3) is 0 Å². The third kappa shape index (κ3) is 4.59. The van der Waals surface area contributed by atoms with Crippen molar-refractivity contribution in [1.82, 2.24) is 15.1 Å². The molecule has 4 nitrogen and oxygen atoms in total. The molecule has 0 atom stereocenters. The van der Waals surface area contributed by atoms with Gasteiger partial charge in [0.1, 0.15) is 12.4 Å². The number of nitrogens with one attached hydrogen (secondary N) is 1. The van der Waals surface area contributed by atoms with E-state index in [1.807, 2.05) is 0 Å². The largest absolute Gasteiger partial charge is 0.435 e. The second-order valence-corrected chi connectivity index (χ2v) is 5.36. The van der Waals surface area contributed by atoms with E-state index in [0.29, 0.717) is 0 Å². The van der Waals surface area contributed by atoms with Crippen LogP contribution < -0.4 is 5.32 Å². The normalized spacial score (nSPS) is 11.6. The Labute approximate surface area is 138 Å². The molecule has 2 rings (SSSR count). The molecule has 0 bridgehead atoms. The van der Waals surface area contributed by atoms with Crippen molar-refractivity contribution in [2.24, 2.45) is 0 Å². The van der Waals surface area contributed by atoms with Gasteiger partial charge in [-0.05, 0) is 18.2 Å². The van der Waals surface area contributed by atoms with E-state index in [4.69, 9.17) is 23.2 Å². The van der Waals surface area contributed by atoms with Crippen LogP contribution >= 0.6 is 23.2 Å². The Morgan fingerprint density at radius 1 is 1.30 bits per heavy atom. The molecule has 0 radical (unpaired) electrons. The maximum atomic E-state index is 13.7. The summed E-state index contributed by atoms with van der Waals surface area (Å²) >= 11 is 11.4. The van der Waals surface area contributed by atoms with Crippen LogP contribution in [0.15, 0.2) is 24.4 Å². The summed E-state index contributed by atoms with van der Waals surface area (Å²) in [6.07, 6.45) is -3.56. The lowest BCUT2D eigenvalue weighted by atomic mass is 10.2. The van der Waals surface area contributed by atoms with Crippen molar-refractivity contribution in [1.29, 1.82) is 0 Å². The quantitative estimate of drug-likeness (QED) is 0.835. The van der Waals surface area contributed by atoms with Gasteiger partial charge in [-0.3, -0.25) is 9.48 Å². The van der Waals surface area contributed by atoms with Crippen molar-refractivity contribution >= 4 is 29.1 Å². The van der Waals surface area contributed by atoms with E-state index >= 15 is 0 Å². The molecule has 0 aliphatic heterocycles. The summed E-state index contributed by atoms with van der Waals surface area (Å²) in [6, 6.07) is 3.11. The number of rotatable bonds is 4. The minimum absolute atomic E-state index is 0.0286. The first-order valence-electron chi connectivity index (χ1n) is 6.17. The second-order valence-electron chi connectivity index (χ2n) is 4.52. The van der Waals surface area contributed by atoms with E-state index in [9.17, 15) is 22.4 Å². The number of halogens is 6. The van der Waals surface area contributed by atoms with Crippen LogP contribution in [0.4, 0.5) is 17.6 Å². The minimum atomic E-state index is -4.58. The molecule has 23 heavy (non-hydrogen) atoms. The Morgan fingerprint density at radius 2 is 2.00 bits per heavy atom. The number of hydrogen-bond donors (Lipinski definition) is 1. The molecule has 10 heteroatoms. The first-order valence-corrected chi connectivity index (χ1v) is 6.93. The van der Waals surface area contributed by atoms with Gasteiger partial charge < -0.3 is 5.32 Å². The molecular weight excluding hydrogens is 361 g/mol. The van der Waals surface area contributed by atoms with E-state index in [1.165, 1.54) is 6.07 Å². The molecule has 2 aromatic rings. The summed E-state index contributed by atoms with van der Waals surface area (Å²) in [5.74, 6) is -1.34. The molecule has 0 fully saturated rings. The Kier molecular flexibility index (Phi) is 5.16. The number of hydrogen-bond acceptors (Lipinski definition) is 2. The highest BCUT2D eigenvalue weighted by Gasteiger charge is 2.33. The van der Waals surface area contributed by atoms with E-state index in [1.54, 1.807) is 0 Å². The first kappa shape index (κ1) is 17.6. The van der Waals surface area contributed by atoms with Crippen molar-refractivity contribution < 1.29 is 22.4 Å². The van der Waals surface area contributed by atoms with Gasteiger partial charge >= 0.3 is 6.18 Å². The molecule has 0 saturated carbocycles. The number of alkyl halides is 3. The highest BCUT2D eigenvalue weighted by Crippen LogP contribution is 2.27. The predicted molar refractivity (Wildman–Crippen MR) is 75.5 cm³/mol. The minimum Gasteiger partial charge on any atom is -0.350 e. The van der Waals surface area contributed by atoms with Crippen molar-refractivity contribution in [2.45, 2.75) is 19.3 Å². The van der Waals surface area contributed by atoms with E-state index in [0.717, 1.165) is 23.0 Å². The molecule has 1 aromatic heterocycles. The van der Waals surface area contributed by atoms with Crippen LogP contribution in [-0.4, -0.2) is 15.7 Å². The van der Waals surface area contributed by atoms with Gasteiger partial charge in [0.2, 0.25) is 5.91 Å². The summed E-state index contributed by atoms with van der Waals surface area (Å²) in [4.78, 5) is 11.7. The molecule has 0 unspecified atom stereocenters. The van der Waals surface area contributed by atoms with Crippen molar-refractivity contribution in [3.05, 3.63) is 51.5 Å². The maximum absolute atomic E-state index is 13.7. The van der Waals surface area contributed by atoms with Crippen LogP contribution in [0.5, 0.6) is 0 Å².